The topological polar surface area (TPSA) is 105 Å². The molecular formula is C25H28BrFN4O5S. The van der Waals surface area contributed by atoms with Gasteiger partial charge in [-0.25, -0.2) is 19.2 Å². The van der Waals surface area contributed by atoms with Crippen molar-refractivity contribution in [1.82, 2.24) is 14.8 Å². The Bertz CT molecular complexity index is 1210. The Morgan fingerprint density at radius 2 is 2.19 bits per heavy atom. The lowest BCUT2D eigenvalue weighted by atomic mass is 9.93. The summed E-state index contributed by atoms with van der Waals surface area (Å²) >= 11 is 4.87. The third kappa shape index (κ3) is 6.25. The maximum Gasteiger partial charge on any atom is 0.335 e. The first kappa shape index (κ1) is 27.4. The second-order valence-corrected chi connectivity index (χ2v) is 10.4. The molecule has 2 aliphatic heterocycles. The van der Waals surface area contributed by atoms with Gasteiger partial charge in [0.25, 0.3) is 0 Å². The molecule has 1 fully saturated rings. The first-order chi connectivity index (χ1) is 17.8. The van der Waals surface area contributed by atoms with E-state index in [-0.39, 0.29) is 30.6 Å². The van der Waals surface area contributed by atoms with Crippen LogP contribution in [0.3, 0.4) is 0 Å². The predicted octanol–water partition coefficient (Wildman–Crippen LogP) is 3.86. The number of benzene rings is 1. The first-order valence-corrected chi connectivity index (χ1v) is 13.6. The van der Waals surface area contributed by atoms with Crippen LogP contribution in [-0.2, 0) is 19.1 Å². The van der Waals surface area contributed by atoms with Crippen LogP contribution in [0.1, 0.15) is 36.4 Å². The SMILES string of the molecule is CCN1C(c2nccs2)=NC(CN2CCOC(CCC(=O)OC)C2)=C(C(=O)O)C1c1ccc(F)cc1Br. The van der Waals surface area contributed by atoms with Gasteiger partial charge in [0.2, 0.25) is 0 Å². The van der Waals surface area contributed by atoms with Crippen LogP contribution in [-0.4, -0.2) is 83.7 Å². The number of methoxy groups -OCH3 is 1. The van der Waals surface area contributed by atoms with Crippen molar-refractivity contribution in [2.45, 2.75) is 31.9 Å². The number of halogens is 2. The van der Waals surface area contributed by atoms with E-state index in [1.807, 2.05) is 17.2 Å². The van der Waals surface area contributed by atoms with Crippen molar-refractivity contribution in [3.63, 3.8) is 0 Å². The Labute approximate surface area is 226 Å². The zero-order valence-corrected chi connectivity index (χ0v) is 22.9. The van der Waals surface area contributed by atoms with E-state index in [2.05, 4.69) is 25.8 Å². The Balaban J connectivity index is 1.74. The van der Waals surface area contributed by atoms with E-state index in [9.17, 15) is 19.1 Å². The number of carboxylic acids is 1. The van der Waals surface area contributed by atoms with Crippen molar-refractivity contribution in [1.29, 1.82) is 0 Å². The van der Waals surface area contributed by atoms with Crippen molar-refractivity contribution in [3.05, 3.63) is 61.9 Å². The molecule has 3 heterocycles. The number of hydrogen-bond donors (Lipinski definition) is 1. The smallest absolute Gasteiger partial charge is 0.335 e. The van der Waals surface area contributed by atoms with E-state index in [0.29, 0.717) is 59.2 Å². The third-order valence-electron chi connectivity index (χ3n) is 6.36. The molecule has 4 rings (SSSR count). The van der Waals surface area contributed by atoms with Crippen molar-refractivity contribution >= 4 is 45.0 Å². The summed E-state index contributed by atoms with van der Waals surface area (Å²) in [5.41, 5.74) is 1.17. The minimum Gasteiger partial charge on any atom is -0.478 e. The number of hydrogen-bond acceptors (Lipinski definition) is 9. The van der Waals surface area contributed by atoms with Crippen LogP contribution in [0.5, 0.6) is 0 Å². The second-order valence-electron chi connectivity index (χ2n) is 8.64. The average Bonchev–Trinajstić information content (AvgIpc) is 3.41. The van der Waals surface area contributed by atoms with E-state index in [1.54, 1.807) is 12.3 Å². The molecule has 12 heteroatoms. The minimum absolute atomic E-state index is 0.132. The summed E-state index contributed by atoms with van der Waals surface area (Å²) in [6, 6.07) is 3.57. The summed E-state index contributed by atoms with van der Waals surface area (Å²) in [4.78, 5) is 37.6. The van der Waals surface area contributed by atoms with Crippen molar-refractivity contribution in [2.24, 2.45) is 4.99 Å². The van der Waals surface area contributed by atoms with E-state index >= 15 is 0 Å². The van der Waals surface area contributed by atoms with Gasteiger partial charge < -0.3 is 19.5 Å². The molecule has 0 amide bonds. The number of esters is 1. The molecule has 1 aromatic carbocycles. The monoisotopic (exact) mass is 594 g/mol. The second kappa shape index (κ2) is 12.2. The van der Waals surface area contributed by atoms with Gasteiger partial charge in [0.1, 0.15) is 5.82 Å². The van der Waals surface area contributed by atoms with Gasteiger partial charge in [0.15, 0.2) is 10.8 Å². The van der Waals surface area contributed by atoms with Gasteiger partial charge in [-0.3, -0.25) is 9.69 Å². The number of nitrogens with zero attached hydrogens (tertiary/aromatic N) is 4. The lowest BCUT2D eigenvalue weighted by Crippen LogP contribution is -2.46. The molecule has 198 valence electrons. The molecule has 9 nitrogen and oxygen atoms in total. The zero-order chi connectivity index (χ0) is 26.5. The van der Waals surface area contributed by atoms with Crippen molar-refractivity contribution < 1.29 is 28.6 Å². The molecule has 2 aliphatic rings. The third-order valence-corrected chi connectivity index (χ3v) is 7.81. The summed E-state index contributed by atoms with van der Waals surface area (Å²) < 4.78 is 25.0. The van der Waals surface area contributed by atoms with Gasteiger partial charge in [-0.2, -0.15) is 0 Å². The van der Waals surface area contributed by atoms with Crippen LogP contribution in [0.2, 0.25) is 0 Å². The predicted molar refractivity (Wildman–Crippen MR) is 140 cm³/mol. The molecule has 1 saturated heterocycles. The number of thiazole rings is 1. The molecule has 0 radical (unpaired) electrons. The number of morpholine rings is 1. The Morgan fingerprint density at radius 1 is 1.38 bits per heavy atom. The van der Waals surface area contributed by atoms with Gasteiger partial charge in [-0.15, -0.1) is 11.3 Å². The highest BCUT2D eigenvalue weighted by atomic mass is 79.9. The summed E-state index contributed by atoms with van der Waals surface area (Å²) in [6.45, 7) is 4.24. The van der Waals surface area contributed by atoms with E-state index < -0.39 is 17.8 Å². The number of likely N-dealkylation sites (N-methyl/N-ethyl adjacent to an activating group) is 1. The Morgan fingerprint density at radius 3 is 2.84 bits per heavy atom. The number of amidine groups is 1. The minimum atomic E-state index is -1.09. The highest BCUT2D eigenvalue weighted by molar-refractivity contribution is 9.10. The largest absolute Gasteiger partial charge is 0.478 e. The lowest BCUT2D eigenvalue weighted by molar-refractivity contribution is -0.142. The number of ether oxygens (including phenoxy) is 2. The molecule has 0 aliphatic carbocycles. The van der Waals surface area contributed by atoms with Crippen molar-refractivity contribution in [3.8, 4) is 0 Å². The maximum absolute atomic E-state index is 14.0. The van der Waals surface area contributed by atoms with Crippen LogP contribution in [0.4, 0.5) is 4.39 Å². The fourth-order valence-electron chi connectivity index (χ4n) is 4.62. The molecule has 0 spiro atoms. The lowest BCUT2D eigenvalue weighted by Gasteiger charge is -2.39. The first-order valence-electron chi connectivity index (χ1n) is 11.9. The van der Waals surface area contributed by atoms with Crippen molar-refractivity contribution in [2.75, 3.05) is 39.9 Å². The number of aliphatic carboxylic acids is 1. The molecule has 2 unspecified atom stereocenters. The van der Waals surface area contributed by atoms with Gasteiger partial charge >= 0.3 is 11.9 Å². The van der Waals surface area contributed by atoms with Crippen LogP contribution in [0.25, 0.3) is 0 Å². The average molecular weight is 595 g/mol. The molecule has 1 N–H and O–H groups in total. The van der Waals surface area contributed by atoms with Crippen LogP contribution in [0, 0.1) is 5.82 Å². The number of aliphatic imine (C=N–C) groups is 1. The summed E-state index contributed by atoms with van der Waals surface area (Å²) in [6.07, 6.45) is 2.26. The van der Waals surface area contributed by atoms with Crippen LogP contribution >= 0.6 is 27.3 Å². The molecule has 0 saturated carbocycles. The number of aromatic nitrogens is 1. The summed E-state index contributed by atoms with van der Waals surface area (Å²) in [5.74, 6) is -1.23. The molecule has 37 heavy (non-hydrogen) atoms. The Hall–Kier alpha value is -2.67. The molecule has 2 atom stereocenters. The van der Waals surface area contributed by atoms with E-state index in [4.69, 9.17) is 14.5 Å². The molecule has 0 bridgehead atoms. The Kier molecular flexibility index (Phi) is 9.06. The normalized spacial score (nSPS) is 20.6. The van der Waals surface area contributed by atoms with Gasteiger partial charge in [-0.1, -0.05) is 22.0 Å². The fraction of sp³-hybridized carbons (Fsp3) is 0.440. The van der Waals surface area contributed by atoms with Gasteiger partial charge in [0, 0.05) is 48.6 Å². The quantitative estimate of drug-likeness (QED) is 0.436. The fourth-order valence-corrected chi connectivity index (χ4v) is 5.83. The maximum atomic E-state index is 14.0. The molecular weight excluding hydrogens is 567 g/mol. The standard InChI is InChI=1S/C25H28BrFN4O5S/c1-3-31-22(17-6-4-15(27)12-18(17)26)21(25(33)34)19(29-23(31)24-28-8-11-37-24)14-30-9-10-36-16(13-30)5-7-20(32)35-2/h4,6,8,11-12,16,22H,3,5,7,9-10,13-14H2,1-2H3,(H,33,34). The zero-order valence-electron chi connectivity index (χ0n) is 20.5. The number of carboxylic acid groups (broad SMARTS) is 1. The van der Waals surface area contributed by atoms with Crippen LogP contribution in [0.15, 0.2) is 50.5 Å². The van der Waals surface area contributed by atoms with E-state index in [0.717, 1.165) is 0 Å². The highest BCUT2D eigenvalue weighted by Gasteiger charge is 2.39. The highest BCUT2D eigenvalue weighted by Crippen LogP contribution is 2.40. The summed E-state index contributed by atoms with van der Waals surface area (Å²) in [7, 11) is 1.35. The number of rotatable bonds is 9. The number of carbonyl (C=O) groups is 2. The number of carbonyl (C=O) groups excluding carboxylic acids is 1. The van der Waals surface area contributed by atoms with Gasteiger partial charge in [0.05, 0.1) is 37.1 Å². The van der Waals surface area contributed by atoms with Crippen LogP contribution < -0.4 is 0 Å². The molecule has 1 aromatic heterocycles. The summed E-state index contributed by atoms with van der Waals surface area (Å²) in [5, 5.41) is 12.9. The van der Waals surface area contributed by atoms with E-state index in [1.165, 1.54) is 30.6 Å². The van der Waals surface area contributed by atoms with Gasteiger partial charge in [-0.05, 0) is 31.0 Å². The molecule has 2 aromatic rings.